The first-order valence-electron chi connectivity index (χ1n) is 6.62. The zero-order valence-corrected chi connectivity index (χ0v) is 12.6. The summed E-state index contributed by atoms with van der Waals surface area (Å²) in [6.07, 6.45) is 0. The lowest BCUT2D eigenvalue weighted by molar-refractivity contribution is 0.312. The van der Waals surface area contributed by atoms with Crippen molar-refractivity contribution in [3.05, 3.63) is 24.3 Å². The number of anilines is 3. The molecule has 0 unspecified atom stereocenters. The molecule has 1 heterocycles. The second-order valence-corrected chi connectivity index (χ2v) is 4.18. The maximum atomic E-state index is 5.36. The van der Waals surface area contributed by atoms with Crippen LogP contribution in [-0.2, 0) is 0 Å². The molecule has 0 saturated heterocycles. The molecule has 21 heavy (non-hydrogen) atoms. The molecule has 0 aliphatic heterocycles. The maximum absolute atomic E-state index is 5.36. The Morgan fingerprint density at radius 1 is 1.14 bits per heavy atom. The minimum absolute atomic E-state index is 0.298. The van der Waals surface area contributed by atoms with Gasteiger partial charge in [-0.3, -0.25) is 0 Å². The molecule has 2 rings (SSSR count). The van der Waals surface area contributed by atoms with Gasteiger partial charge in [-0.2, -0.15) is 15.0 Å². The van der Waals surface area contributed by atoms with E-state index >= 15 is 0 Å². The van der Waals surface area contributed by atoms with Gasteiger partial charge in [0.2, 0.25) is 11.9 Å². The molecule has 1 aromatic heterocycles. The van der Waals surface area contributed by atoms with Crippen molar-refractivity contribution in [2.45, 2.75) is 6.92 Å². The number of hydrogen-bond donors (Lipinski definition) is 1. The second-order valence-electron chi connectivity index (χ2n) is 4.18. The Balaban J connectivity index is 2.31. The van der Waals surface area contributed by atoms with Gasteiger partial charge in [0.05, 0.1) is 13.7 Å². The van der Waals surface area contributed by atoms with Crippen LogP contribution >= 0.6 is 0 Å². The van der Waals surface area contributed by atoms with Crippen molar-refractivity contribution >= 4 is 17.6 Å². The summed E-state index contributed by atoms with van der Waals surface area (Å²) < 4.78 is 10.5. The van der Waals surface area contributed by atoms with Crippen LogP contribution in [0, 0.1) is 0 Å². The number of rotatable bonds is 6. The summed E-state index contributed by atoms with van der Waals surface area (Å²) in [5.41, 5.74) is 0.937. The van der Waals surface area contributed by atoms with Crippen LogP contribution in [0.15, 0.2) is 24.3 Å². The van der Waals surface area contributed by atoms with E-state index in [1.807, 2.05) is 43.1 Å². The molecule has 0 saturated carbocycles. The minimum Gasteiger partial charge on any atom is -0.497 e. The highest BCUT2D eigenvalue weighted by atomic mass is 16.5. The summed E-state index contributed by atoms with van der Waals surface area (Å²) in [5.74, 6) is 1.76. The number of hydrogen-bond acceptors (Lipinski definition) is 7. The summed E-state index contributed by atoms with van der Waals surface area (Å²) in [6.45, 7) is 2.38. The Kier molecular flexibility index (Phi) is 4.76. The highest BCUT2D eigenvalue weighted by Gasteiger charge is 2.12. The van der Waals surface area contributed by atoms with Crippen molar-refractivity contribution in [3.8, 4) is 11.8 Å². The number of benzene rings is 1. The number of aromatic nitrogens is 3. The van der Waals surface area contributed by atoms with Crippen molar-refractivity contribution in [3.63, 3.8) is 0 Å². The van der Waals surface area contributed by atoms with Gasteiger partial charge in [0.25, 0.3) is 0 Å². The monoisotopic (exact) mass is 289 g/mol. The summed E-state index contributed by atoms with van der Waals surface area (Å²) in [6, 6.07) is 7.93. The molecule has 1 N–H and O–H groups in total. The first kappa shape index (κ1) is 14.8. The van der Waals surface area contributed by atoms with E-state index in [9.17, 15) is 0 Å². The highest BCUT2D eigenvalue weighted by Crippen LogP contribution is 2.24. The predicted molar refractivity (Wildman–Crippen MR) is 81.6 cm³/mol. The molecule has 7 nitrogen and oxygen atoms in total. The van der Waals surface area contributed by atoms with Crippen LogP contribution in [-0.4, -0.2) is 42.8 Å². The Bertz CT molecular complexity index is 588. The zero-order chi connectivity index (χ0) is 15.2. The van der Waals surface area contributed by atoms with Crippen LogP contribution < -0.4 is 19.7 Å². The predicted octanol–water partition coefficient (Wildman–Crippen LogP) is 2.09. The van der Waals surface area contributed by atoms with Crippen LogP contribution in [0.25, 0.3) is 0 Å². The van der Waals surface area contributed by atoms with E-state index < -0.39 is 0 Å². The van der Waals surface area contributed by atoms with Gasteiger partial charge in [0.1, 0.15) is 5.75 Å². The van der Waals surface area contributed by atoms with Crippen molar-refractivity contribution in [1.82, 2.24) is 15.0 Å². The summed E-state index contributed by atoms with van der Waals surface area (Å²) in [4.78, 5) is 14.6. The van der Waals surface area contributed by atoms with Gasteiger partial charge in [-0.15, -0.1) is 0 Å². The second kappa shape index (κ2) is 6.74. The van der Waals surface area contributed by atoms with Gasteiger partial charge >= 0.3 is 6.01 Å². The van der Waals surface area contributed by atoms with Gasteiger partial charge in [0.15, 0.2) is 0 Å². The standard InChI is InChI=1S/C14H19N5O2/c1-5-21-14-17-12(15-2)16-13(18-14)19(3)10-6-8-11(20-4)9-7-10/h6-9H,5H2,1-4H3,(H,15,16,17,18). The molecule has 0 aliphatic rings. The molecule has 2 aromatic rings. The van der Waals surface area contributed by atoms with E-state index in [4.69, 9.17) is 9.47 Å². The average Bonchev–Trinajstić information content (AvgIpc) is 2.54. The summed E-state index contributed by atoms with van der Waals surface area (Å²) >= 11 is 0. The summed E-state index contributed by atoms with van der Waals surface area (Å²) in [5, 5.41) is 2.90. The third-order valence-electron chi connectivity index (χ3n) is 2.86. The fraction of sp³-hybridized carbons (Fsp3) is 0.357. The molecule has 0 bridgehead atoms. The van der Waals surface area contributed by atoms with E-state index in [2.05, 4.69) is 20.3 Å². The number of methoxy groups -OCH3 is 1. The molecule has 0 amide bonds. The van der Waals surface area contributed by atoms with E-state index in [0.29, 0.717) is 24.5 Å². The quantitative estimate of drug-likeness (QED) is 0.872. The van der Waals surface area contributed by atoms with Crippen LogP contribution in [0.3, 0.4) is 0 Å². The van der Waals surface area contributed by atoms with Crippen LogP contribution in [0.2, 0.25) is 0 Å². The molecule has 1 aromatic carbocycles. The van der Waals surface area contributed by atoms with E-state index in [1.165, 1.54) is 0 Å². The van der Waals surface area contributed by atoms with Crippen LogP contribution in [0.4, 0.5) is 17.6 Å². The molecule has 0 spiro atoms. The smallest absolute Gasteiger partial charge is 0.323 e. The third-order valence-corrected chi connectivity index (χ3v) is 2.86. The zero-order valence-electron chi connectivity index (χ0n) is 12.6. The fourth-order valence-corrected chi connectivity index (χ4v) is 1.72. The van der Waals surface area contributed by atoms with Gasteiger partial charge in [-0.05, 0) is 31.2 Å². The van der Waals surface area contributed by atoms with Crippen molar-refractivity contribution in [2.24, 2.45) is 0 Å². The van der Waals surface area contributed by atoms with Crippen molar-refractivity contribution < 1.29 is 9.47 Å². The largest absolute Gasteiger partial charge is 0.497 e. The highest BCUT2D eigenvalue weighted by molar-refractivity contribution is 5.58. The number of ether oxygens (including phenoxy) is 2. The maximum Gasteiger partial charge on any atom is 0.323 e. The van der Waals surface area contributed by atoms with Gasteiger partial charge < -0.3 is 19.7 Å². The van der Waals surface area contributed by atoms with E-state index in [-0.39, 0.29) is 0 Å². The SMILES string of the molecule is CCOc1nc(NC)nc(N(C)c2ccc(OC)cc2)n1. The van der Waals surface area contributed by atoms with Gasteiger partial charge in [-0.1, -0.05) is 0 Å². The first-order chi connectivity index (χ1) is 10.2. The lowest BCUT2D eigenvalue weighted by Crippen LogP contribution is -2.15. The lowest BCUT2D eigenvalue weighted by atomic mass is 10.3. The summed E-state index contributed by atoms with van der Waals surface area (Å²) in [7, 11) is 5.27. The molecule has 0 aliphatic carbocycles. The van der Waals surface area contributed by atoms with Gasteiger partial charge in [-0.25, -0.2) is 0 Å². The third kappa shape index (κ3) is 3.50. The van der Waals surface area contributed by atoms with Crippen LogP contribution in [0.5, 0.6) is 11.8 Å². The lowest BCUT2D eigenvalue weighted by Gasteiger charge is -2.18. The first-order valence-corrected chi connectivity index (χ1v) is 6.62. The minimum atomic E-state index is 0.298. The Hall–Kier alpha value is -2.57. The van der Waals surface area contributed by atoms with Crippen molar-refractivity contribution in [1.29, 1.82) is 0 Å². The topological polar surface area (TPSA) is 72.4 Å². The van der Waals surface area contributed by atoms with E-state index in [1.54, 1.807) is 14.2 Å². The van der Waals surface area contributed by atoms with Gasteiger partial charge in [0, 0.05) is 19.8 Å². The molecule has 0 fully saturated rings. The Morgan fingerprint density at radius 3 is 2.43 bits per heavy atom. The van der Waals surface area contributed by atoms with Crippen LogP contribution in [0.1, 0.15) is 6.92 Å². The fourth-order valence-electron chi connectivity index (χ4n) is 1.72. The van der Waals surface area contributed by atoms with Crippen molar-refractivity contribution in [2.75, 3.05) is 38.0 Å². The Labute approximate surface area is 124 Å². The molecule has 0 radical (unpaired) electrons. The average molecular weight is 289 g/mol. The molecule has 7 heteroatoms. The molecule has 0 atom stereocenters. The number of nitrogens with one attached hydrogen (secondary N) is 1. The normalized spacial score (nSPS) is 10.1. The van der Waals surface area contributed by atoms with E-state index in [0.717, 1.165) is 11.4 Å². The molecule has 112 valence electrons. The Morgan fingerprint density at radius 2 is 1.86 bits per heavy atom. The molecular formula is C14H19N5O2. The number of nitrogens with zero attached hydrogens (tertiary/aromatic N) is 4. The molecular weight excluding hydrogens is 270 g/mol.